The van der Waals surface area contributed by atoms with Gasteiger partial charge in [0.25, 0.3) is 5.91 Å². The fraction of sp³-hybridized carbons (Fsp3) is 0.467. The molecule has 0 spiro atoms. The van der Waals surface area contributed by atoms with Crippen molar-refractivity contribution in [3.8, 4) is 0 Å². The Morgan fingerprint density at radius 3 is 2.48 bits per heavy atom. The largest absolute Gasteiger partial charge is 0.387 e. The number of rotatable bonds is 5. The molecule has 2 atom stereocenters. The van der Waals surface area contributed by atoms with Crippen molar-refractivity contribution in [2.24, 2.45) is 5.92 Å². The molecule has 0 aliphatic carbocycles. The minimum Gasteiger partial charge on any atom is -0.387 e. The van der Waals surface area contributed by atoms with Crippen molar-refractivity contribution in [1.82, 2.24) is 10.2 Å². The number of carbonyl (C=O) groups is 2. The summed E-state index contributed by atoms with van der Waals surface area (Å²) >= 11 is 5.79. The van der Waals surface area contributed by atoms with E-state index < -0.39 is 18.2 Å². The van der Waals surface area contributed by atoms with Crippen LogP contribution < -0.4 is 5.32 Å². The molecule has 0 radical (unpaired) electrons. The summed E-state index contributed by atoms with van der Waals surface area (Å²) in [7, 11) is 0. The minimum absolute atomic E-state index is 0.0547. The van der Waals surface area contributed by atoms with Crippen molar-refractivity contribution in [3.05, 3.63) is 34.9 Å². The number of imide groups is 1. The van der Waals surface area contributed by atoms with Crippen LogP contribution >= 0.6 is 11.6 Å². The summed E-state index contributed by atoms with van der Waals surface area (Å²) in [5, 5.41) is 13.4. The molecule has 1 fully saturated rings. The average molecular weight is 311 g/mol. The maximum Gasteiger partial charge on any atom is 0.324 e. The normalized spacial score (nSPS) is 20.0. The number of aliphatic hydroxyl groups is 1. The third-order valence-corrected chi connectivity index (χ3v) is 3.68. The molecule has 1 aliphatic heterocycles. The van der Waals surface area contributed by atoms with Crippen LogP contribution in [0.5, 0.6) is 0 Å². The summed E-state index contributed by atoms with van der Waals surface area (Å²) in [5.41, 5.74) is 0.618. The lowest BCUT2D eigenvalue weighted by molar-refractivity contribution is -0.128. The summed E-state index contributed by atoms with van der Waals surface area (Å²) in [4.78, 5) is 25.1. The zero-order chi connectivity index (χ0) is 15.6. The van der Waals surface area contributed by atoms with Gasteiger partial charge in [-0.15, -0.1) is 0 Å². The van der Waals surface area contributed by atoms with Gasteiger partial charge in [0.2, 0.25) is 0 Å². The molecule has 1 aliphatic rings. The number of nitrogens with zero attached hydrogens (tertiary/aromatic N) is 1. The van der Waals surface area contributed by atoms with Gasteiger partial charge >= 0.3 is 6.03 Å². The molecule has 0 aromatic heterocycles. The second-order valence-corrected chi connectivity index (χ2v) is 6.08. The van der Waals surface area contributed by atoms with E-state index in [2.05, 4.69) is 5.32 Å². The first-order valence-corrected chi connectivity index (χ1v) is 7.31. The first-order valence-electron chi connectivity index (χ1n) is 6.94. The number of hydrogen-bond acceptors (Lipinski definition) is 3. The highest BCUT2D eigenvalue weighted by Crippen LogP contribution is 2.20. The van der Waals surface area contributed by atoms with Gasteiger partial charge in [-0.1, -0.05) is 37.6 Å². The third kappa shape index (κ3) is 3.74. The van der Waals surface area contributed by atoms with E-state index in [1.54, 1.807) is 24.3 Å². The first kappa shape index (κ1) is 15.8. The van der Waals surface area contributed by atoms with Gasteiger partial charge in [-0.25, -0.2) is 4.79 Å². The zero-order valence-corrected chi connectivity index (χ0v) is 12.8. The second-order valence-electron chi connectivity index (χ2n) is 5.65. The molecule has 1 heterocycles. The molecule has 0 saturated carbocycles. The number of halogens is 1. The molecule has 0 unspecified atom stereocenters. The van der Waals surface area contributed by atoms with Crippen molar-refractivity contribution >= 4 is 23.5 Å². The van der Waals surface area contributed by atoms with Crippen LogP contribution in [-0.4, -0.2) is 34.5 Å². The highest BCUT2D eigenvalue weighted by molar-refractivity contribution is 6.30. The van der Waals surface area contributed by atoms with Crippen LogP contribution in [0.15, 0.2) is 24.3 Å². The molecule has 21 heavy (non-hydrogen) atoms. The molecule has 1 saturated heterocycles. The van der Waals surface area contributed by atoms with Gasteiger partial charge < -0.3 is 10.4 Å². The van der Waals surface area contributed by atoms with E-state index >= 15 is 0 Å². The maximum atomic E-state index is 12.2. The van der Waals surface area contributed by atoms with Gasteiger partial charge in [0.15, 0.2) is 0 Å². The van der Waals surface area contributed by atoms with Crippen LogP contribution in [0.25, 0.3) is 0 Å². The molecule has 3 amide bonds. The Labute approximate surface area is 128 Å². The molecule has 114 valence electrons. The number of benzene rings is 1. The van der Waals surface area contributed by atoms with Gasteiger partial charge in [-0.3, -0.25) is 9.69 Å². The number of β-amino-alcohol motifs (C(OH)–C–C–N with tert-alkyl or cyclic N) is 1. The molecule has 6 heteroatoms. The highest BCUT2D eigenvalue weighted by atomic mass is 35.5. The van der Waals surface area contributed by atoms with Crippen LogP contribution in [0, 0.1) is 5.92 Å². The molecule has 5 nitrogen and oxygen atoms in total. The van der Waals surface area contributed by atoms with Crippen molar-refractivity contribution in [2.45, 2.75) is 32.4 Å². The van der Waals surface area contributed by atoms with E-state index in [-0.39, 0.29) is 12.5 Å². The van der Waals surface area contributed by atoms with Gasteiger partial charge in [0, 0.05) is 5.02 Å². The minimum atomic E-state index is -0.922. The molecular weight excluding hydrogens is 292 g/mol. The fourth-order valence-electron chi connectivity index (χ4n) is 2.34. The fourth-order valence-corrected chi connectivity index (χ4v) is 2.47. The average Bonchev–Trinajstić information content (AvgIpc) is 2.66. The van der Waals surface area contributed by atoms with E-state index in [4.69, 9.17) is 11.6 Å². The van der Waals surface area contributed by atoms with Gasteiger partial charge in [-0.2, -0.15) is 0 Å². The van der Waals surface area contributed by atoms with E-state index in [1.165, 1.54) is 0 Å². The maximum absolute atomic E-state index is 12.2. The summed E-state index contributed by atoms with van der Waals surface area (Å²) in [6.45, 7) is 3.93. The Hall–Kier alpha value is -1.59. The van der Waals surface area contributed by atoms with Crippen LogP contribution in [0.2, 0.25) is 5.02 Å². The van der Waals surface area contributed by atoms with Gasteiger partial charge in [-0.05, 0) is 30.0 Å². The van der Waals surface area contributed by atoms with Crippen molar-refractivity contribution in [1.29, 1.82) is 0 Å². The van der Waals surface area contributed by atoms with Crippen LogP contribution in [0.4, 0.5) is 4.79 Å². The van der Waals surface area contributed by atoms with E-state index in [1.807, 2.05) is 13.8 Å². The Bertz CT molecular complexity index is 530. The first-order chi connectivity index (χ1) is 9.88. The topological polar surface area (TPSA) is 69.6 Å². The van der Waals surface area contributed by atoms with Crippen molar-refractivity contribution in [2.75, 3.05) is 6.54 Å². The lowest BCUT2D eigenvalue weighted by Crippen LogP contribution is -2.35. The SMILES string of the molecule is CC(C)C[C@H]1NC(=O)N(C[C@@H](O)c2ccc(Cl)cc2)C1=O. The smallest absolute Gasteiger partial charge is 0.324 e. The summed E-state index contributed by atoms with van der Waals surface area (Å²) in [6.07, 6.45) is -0.326. The quantitative estimate of drug-likeness (QED) is 0.820. The van der Waals surface area contributed by atoms with E-state index in [0.29, 0.717) is 22.9 Å². The van der Waals surface area contributed by atoms with E-state index in [9.17, 15) is 14.7 Å². The summed E-state index contributed by atoms with van der Waals surface area (Å²) in [6, 6.07) is 5.74. The van der Waals surface area contributed by atoms with Crippen molar-refractivity contribution in [3.63, 3.8) is 0 Å². The van der Waals surface area contributed by atoms with Crippen molar-refractivity contribution < 1.29 is 14.7 Å². The summed E-state index contributed by atoms with van der Waals surface area (Å²) in [5.74, 6) is 0.0297. The van der Waals surface area contributed by atoms with Gasteiger partial charge in [0.1, 0.15) is 6.04 Å². The lowest BCUT2D eigenvalue weighted by Gasteiger charge is -2.18. The molecule has 0 bridgehead atoms. The number of hydrogen-bond donors (Lipinski definition) is 2. The predicted octanol–water partition coefficient (Wildman–Crippen LogP) is 2.34. The lowest BCUT2D eigenvalue weighted by atomic mass is 10.0. The van der Waals surface area contributed by atoms with Gasteiger partial charge in [0.05, 0.1) is 12.6 Å². The zero-order valence-electron chi connectivity index (χ0n) is 12.0. The van der Waals surface area contributed by atoms with Crippen LogP contribution in [0.3, 0.4) is 0 Å². The number of urea groups is 1. The number of amides is 3. The van der Waals surface area contributed by atoms with E-state index in [0.717, 1.165) is 4.90 Å². The number of carbonyl (C=O) groups excluding carboxylic acids is 2. The number of aliphatic hydroxyl groups excluding tert-OH is 1. The second kappa shape index (κ2) is 6.45. The number of nitrogens with one attached hydrogen (secondary N) is 1. The van der Waals surface area contributed by atoms with Crippen LogP contribution in [0.1, 0.15) is 31.9 Å². The highest BCUT2D eigenvalue weighted by Gasteiger charge is 2.38. The standard InChI is InChI=1S/C15H19ClN2O3/c1-9(2)7-12-14(20)18(15(21)17-12)8-13(19)10-3-5-11(16)6-4-10/h3-6,9,12-13,19H,7-8H2,1-2H3,(H,17,21)/t12-,13-/m1/s1. The summed E-state index contributed by atoms with van der Waals surface area (Å²) < 4.78 is 0. The third-order valence-electron chi connectivity index (χ3n) is 3.42. The molecule has 1 aromatic rings. The molecule has 1 aromatic carbocycles. The predicted molar refractivity (Wildman–Crippen MR) is 79.9 cm³/mol. The Morgan fingerprint density at radius 1 is 1.29 bits per heavy atom. The monoisotopic (exact) mass is 310 g/mol. The van der Waals surface area contributed by atoms with Crippen LogP contribution in [-0.2, 0) is 4.79 Å². The Morgan fingerprint density at radius 2 is 1.90 bits per heavy atom. The molecule has 2 rings (SSSR count). The Balaban J connectivity index is 2.03. The molecule has 2 N–H and O–H groups in total. The molecular formula is C15H19ClN2O3. The Kier molecular flexibility index (Phi) is 4.85.